The van der Waals surface area contributed by atoms with Crippen LogP contribution in [0, 0.1) is 10.1 Å². The molecule has 3 rings (SSSR count). The first kappa shape index (κ1) is 29.2. The Hall–Kier alpha value is -3.31. The van der Waals surface area contributed by atoms with E-state index in [4.69, 9.17) is 0 Å². The van der Waals surface area contributed by atoms with Crippen LogP contribution in [0.1, 0.15) is 23.5 Å². The van der Waals surface area contributed by atoms with Crippen molar-refractivity contribution in [3.63, 3.8) is 0 Å². The third kappa shape index (κ3) is 8.63. The summed E-state index contributed by atoms with van der Waals surface area (Å²) in [7, 11) is 2.07. The van der Waals surface area contributed by atoms with Crippen LogP contribution < -0.4 is 10.0 Å². The molecule has 0 aliphatic heterocycles. The lowest BCUT2D eigenvalue weighted by atomic mass is 9.91. The van der Waals surface area contributed by atoms with Gasteiger partial charge in [-0.1, -0.05) is 60.7 Å². The van der Waals surface area contributed by atoms with Gasteiger partial charge in [-0.15, -0.1) is 0 Å². The molecule has 2 N–H and O–H groups in total. The average Bonchev–Trinajstić information content (AvgIpc) is 2.89. The topological polar surface area (TPSA) is 108 Å². The summed E-state index contributed by atoms with van der Waals surface area (Å²) in [5.74, 6) is -0.0446. The molecule has 0 unspecified atom stereocenters. The van der Waals surface area contributed by atoms with E-state index in [9.17, 15) is 18.5 Å². The van der Waals surface area contributed by atoms with Crippen LogP contribution in [0.4, 0.5) is 11.4 Å². The van der Waals surface area contributed by atoms with Gasteiger partial charge in [0.2, 0.25) is 10.0 Å². The lowest BCUT2D eigenvalue weighted by Gasteiger charge is -2.20. The van der Waals surface area contributed by atoms with Gasteiger partial charge in [0.25, 0.3) is 5.69 Å². The lowest BCUT2D eigenvalue weighted by molar-refractivity contribution is -0.384. The molecule has 0 saturated heterocycles. The Bertz CT molecular complexity index is 1230. The highest BCUT2D eigenvalue weighted by Gasteiger charge is 2.22. The zero-order valence-corrected chi connectivity index (χ0v) is 23.0. The molecule has 0 radical (unpaired) electrons. The highest BCUT2D eigenvalue weighted by atomic mass is 32.2. The number of benzene rings is 3. The summed E-state index contributed by atoms with van der Waals surface area (Å²) in [6, 6.07) is 23.8. The first-order valence-electron chi connectivity index (χ1n) is 12.6. The van der Waals surface area contributed by atoms with Crippen molar-refractivity contribution >= 4 is 21.4 Å². The van der Waals surface area contributed by atoms with Gasteiger partial charge < -0.3 is 15.1 Å². The molecule has 0 atom stereocenters. The quantitative estimate of drug-likeness (QED) is 0.222. The summed E-state index contributed by atoms with van der Waals surface area (Å²) < 4.78 is 28.3. The highest BCUT2D eigenvalue weighted by Crippen LogP contribution is 2.30. The van der Waals surface area contributed by atoms with Gasteiger partial charge in [0.1, 0.15) is 5.69 Å². The van der Waals surface area contributed by atoms with E-state index in [-0.39, 0.29) is 28.7 Å². The number of likely N-dealkylation sites (N-methyl/N-ethyl adjacent to an activating group) is 1. The number of hydrogen-bond acceptors (Lipinski definition) is 7. The van der Waals surface area contributed by atoms with Crippen molar-refractivity contribution in [1.29, 1.82) is 0 Å². The van der Waals surface area contributed by atoms with Gasteiger partial charge in [-0.05, 0) is 63.9 Å². The molecule has 0 spiro atoms. The van der Waals surface area contributed by atoms with Crippen LogP contribution in [0.3, 0.4) is 0 Å². The first-order chi connectivity index (χ1) is 18.2. The maximum Gasteiger partial charge on any atom is 0.293 e. The Labute approximate surface area is 225 Å². The van der Waals surface area contributed by atoms with E-state index in [1.165, 1.54) is 12.1 Å². The normalized spacial score (nSPS) is 11.8. The molecule has 0 saturated carbocycles. The van der Waals surface area contributed by atoms with Crippen LogP contribution in [0.25, 0.3) is 0 Å². The van der Waals surface area contributed by atoms with Gasteiger partial charge in [-0.2, -0.15) is 0 Å². The third-order valence-electron chi connectivity index (χ3n) is 6.31. The number of sulfonamides is 1. The summed E-state index contributed by atoms with van der Waals surface area (Å²) in [6.07, 6.45) is 0.978. The van der Waals surface area contributed by atoms with Crippen molar-refractivity contribution in [2.24, 2.45) is 0 Å². The maximum atomic E-state index is 12.9. The van der Waals surface area contributed by atoms with E-state index in [0.717, 1.165) is 36.7 Å². The summed E-state index contributed by atoms with van der Waals surface area (Å²) >= 11 is 0. The van der Waals surface area contributed by atoms with Crippen molar-refractivity contribution in [2.75, 3.05) is 59.2 Å². The summed E-state index contributed by atoms with van der Waals surface area (Å²) in [5.41, 5.74) is 2.13. The Balaban J connectivity index is 1.70. The number of hydrogen-bond donors (Lipinski definition) is 2. The highest BCUT2D eigenvalue weighted by molar-refractivity contribution is 7.89. The van der Waals surface area contributed by atoms with Gasteiger partial charge in [-0.25, -0.2) is 13.1 Å². The van der Waals surface area contributed by atoms with E-state index < -0.39 is 14.9 Å². The number of rotatable bonds is 15. The predicted molar refractivity (Wildman–Crippen MR) is 152 cm³/mol. The monoisotopic (exact) mass is 539 g/mol. The molecule has 0 fully saturated rings. The van der Waals surface area contributed by atoms with Crippen LogP contribution in [0.2, 0.25) is 0 Å². The fraction of sp³-hybridized carbons (Fsp3) is 0.357. The molecule has 3 aromatic rings. The van der Waals surface area contributed by atoms with E-state index in [1.807, 2.05) is 81.8 Å². The third-order valence-corrected chi connectivity index (χ3v) is 7.77. The zero-order valence-electron chi connectivity index (χ0n) is 22.2. The summed E-state index contributed by atoms with van der Waals surface area (Å²) in [5, 5.41) is 15.1. The van der Waals surface area contributed by atoms with Gasteiger partial charge in [0.05, 0.1) is 9.82 Å². The molecule has 0 amide bonds. The molecule has 0 bridgehead atoms. The van der Waals surface area contributed by atoms with Gasteiger partial charge in [0.15, 0.2) is 0 Å². The molecule has 0 aliphatic rings. The Kier molecular flexibility index (Phi) is 10.8. The second kappa shape index (κ2) is 14.0. The molecule has 0 aliphatic carbocycles. The maximum absolute atomic E-state index is 12.9. The second-order valence-corrected chi connectivity index (χ2v) is 11.3. The van der Waals surface area contributed by atoms with Crippen LogP contribution in [-0.2, 0) is 10.0 Å². The number of nitro benzene ring substituents is 1. The SMILES string of the molecule is CN(C)CCCN(C)CCNS(=O)(=O)c1ccc(NCC(c2ccccc2)c2ccccc2)c([N+](=O)[O-])c1. The minimum Gasteiger partial charge on any atom is -0.379 e. The van der Waals surface area contributed by atoms with Gasteiger partial charge >= 0.3 is 0 Å². The smallest absolute Gasteiger partial charge is 0.293 e. The van der Waals surface area contributed by atoms with Gasteiger partial charge in [-0.3, -0.25) is 10.1 Å². The predicted octanol–water partition coefficient (Wildman–Crippen LogP) is 4.00. The second-order valence-electron chi connectivity index (χ2n) is 9.55. The molecule has 0 aromatic heterocycles. The largest absolute Gasteiger partial charge is 0.379 e. The van der Waals surface area contributed by atoms with Crippen molar-refractivity contribution in [1.82, 2.24) is 14.5 Å². The summed E-state index contributed by atoms with van der Waals surface area (Å²) in [4.78, 5) is 15.3. The molecule has 38 heavy (non-hydrogen) atoms. The molecule has 3 aromatic carbocycles. The van der Waals surface area contributed by atoms with Crippen molar-refractivity contribution in [3.8, 4) is 0 Å². The molecule has 0 heterocycles. The Morgan fingerprint density at radius 2 is 1.47 bits per heavy atom. The standard InChI is InChI=1S/C28H37N5O4S/c1-31(2)18-10-19-32(3)20-17-30-38(36,37)25-15-16-27(28(21-25)33(34)35)29-22-26(23-11-6-4-7-12-23)24-13-8-5-9-14-24/h4-9,11-16,21,26,29-30H,10,17-20,22H2,1-3H3. The Morgan fingerprint density at radius 3 is 2.03 bits per heavy atom. The van der Waals surface area contributed by atoms with Crippen LogP contribution in [-0.4, -0.2) is 77.0 Å². The van der Waals surface area contributed by atoms with Crippen LogP contribution >= 0.6 is 0 Å². The average molecular weight is 540 g/mol. The number of nitro groups is 1. The van der Waals surface area contributed by atoms with Gasteiger partial charge in [0, 0.05) is 31.6 Å². The van der Waals surface area contributed by atoms with Crippen LogP contribution in [0.5, 0.6) is 0 Å². The van der Waals surface area contributed by atoms with Crippen molar-refractivity contribution in [2.45, 2.75) is 17.2 Å². The number of nitrogens with zero attached hydrogens (tertiary/aromatic N) is 3. The molecule has 9 nitrogen and oxygen atoms in total. The summed E-state index contributed by atoms with van der Waals surface area (Å²) in [6.45, 7) is 2.95. The van der Waals surface area contributed by atoms with Crippen LogP contribution in [0.15, 0.2) is 83.8 Å². The first-order valence-corrected chi connectivity index (χ1v) is 14.1. The minimum absolute atomic E-state index is 0.0446. The van der Waals surface area contributed by atoms with E-state index >= 15 is 0 Å². The lowest BCUT2D eigenvalue weighted by Crippen LogP contribution is -2.34. The minimum atomic E-state index is -3.90. The molecule has 204 valence electrons. The fourth-order valence-corrected chi connectivity index (χ4v) is 5.25. The number of anilines is 1. The fourth-order valence-electron chi connectivity index (χ4n) is 4.21. The molecular formula is C28H37N5O4S. The Morgan fingerprint density at radius 1 is 0.868 bits per heavy atom. The van der Waals surface area contributed by atoms with Crippen molar-refractivity contribution < 1.29 is 13.3 Å². The zero-order chi connectivity index (χ0) is 27.5. The molecule has 10 heteroatoms. The number of nitrogens with one attached hydrogen (secondary N) is 2. The van der Waals surface area contributed by atoms with E-state index in [0.29, 0.717) is 13.1 Å². The van der Waals surface area contributed by atoms with E-state index in [2.05, 4.69) is 19.8 Å². The molecular weight excluding hydrogens is 502 g/mol. The van der Waals surface area contributed by atoms with Crippen molar-refractivity contribution in [3.05, 3.63) is 100 Å². The van der Waals surface area contributed by atoms with E-state index in [1.54, 1.807) is 0 Å².